The molecule has 14 heavy (non-hydrogen) atoms. The van der Waals surface area contributed by atoms with Crippen molar-refractivity contribution in [3.8, 4) is 0 Å². The molecule has 0 saturated heterocycles. The second kappa shape index (κ2) is 3.72. The van der Waals surface area contributed by atoms with Gasteiger partial charge in [-0.2, -0.15) is 13.2 Å². The Morgan fingerprint density at radius 1 is 1.57 bits per heavy atom. The standard InChI is InChI=1S/C7H6BrF3N2O/c1-4(7(9,10)11)13-3-12-2-5(8)6(13)14/h2-4H,1H3/t4-/m1/s1. The average molecular weight is 271 g/mol. The molecule has 0 aliphatic rings. The van der Waals surface area contributed by atoms with Crippen LogP contribution in [0.15, 0.2) is 21.8 Å². The summed E-state index contributed by atoms with van der Waals surface area (Å²) in [6.07, 6.45) is -2.43. The van der Waals surface area contributed by atoms with Gasteiger partial charge in [-0.3, -0.25) is 9.36 Å². The predicted octanol–water partition coefficient (Wildman–Crippen LogP) is 2.13. The molecule has 0 unspecified atom stereocenters. The van der Waals surface area contributed by atoms with Crippen molar-refractivity contribution in [1.82, 2.24) is 9.55 Å². The first kappa shape index (κ1) is 11.2. The zero-order valence-corrected chi connectivity index (χ0v) is 8.63. The normalized spacial score (nSPS) is 14.1. The maximum atomic E-state index is 12.2. The molecule has 0 aliphatic heterocycles. The Kier molecular flexibility index (Phi) is 2.98. The summed E-state index contributed by atoms with van der Waals surface area (Å²) in [5.74, 6) is 0. The molecule has 0 saturated carbocycles. The number of rotatable bonds is 1. The lowest BCUT2D eigenvalue weighted by atomic mass is 10.3. The van der Waals surface area contributed by atoms with Gasteiger partial charge in [0.05, 0.1) is 6.33 Å². The van der Waals surface area contributed by atoms with Crippen LogP contribution in [0.4, 0.5) is 13.2 Å². The smallest absolute Gasteiger partial charge is 0.286 e. The van der Waals surface area contributed by atoms with Crippen LogP contribution in [0, 0.1) is 0 Å². The third-order valence-electron chi connectivity index (χ3n) is 1.71. The monoisotopic (exact) mass is 270 g/mol. The van der Waals surface area contributed by atoms with Crippen LogP contribution in [-0.4, -0.2) is 15.7 Å². The van der Waals surface area contributed by atoms with Gasteiger partial charge in [-0.1, -0.05) is 0 Å². The molecule has 0 fully saturated rings. The Bertz CT molecular complexity index is 387. The van der Waals surface area contributed by atoms with Crippen LogP contribution in [0.25, 0.3) is 0 Å². The molecule has 7 heteroatoms. The molecule has 0 spiro atoms. The molecule has 3 nitrogen and oxygen atoms in total. The SMILES string of the molecule is C[C@@H](n1cncc(Br)c1=O)C(F)(F)F. The fourth-order valence-corrected chi connectivity index (χ4v) is 1.16. The van der Waals surface area contributed by atoms with Crippen molar-refractivity contribution in [2.75, 3.05) is 0 Å². The summed E-state index contributed by atoms with van der Waals surface area (Å²) in [5.41, 5.74) is -0.746. The van der Waals surface area contributed by atoms with E-state index >= 15 is 0 Å². The minimum absolute atomic E-state index is 0.0103. The van der Waals surface area contributed by atoms with Gasteiger partial charge in [0.25, 0.3) is 5.56 Å². The Morgan fingerprint density at radius 3 is 2.64 bits per heavy atom. The number of hydrogen-bond acceptors (Lipinski definition) is 2. The molecular weight excluding hydrogens is 265 g/mol. The topological polar surface area (TPSA) is 34.9 Å². The van der Waals surface area contributed by atoms with Crippen molar-refractivity contribution < 1.29 is 13.2 Å². The van der Waals surface area contributed by atoms with Crippen molar-refractivity contribution in [3.63, 3.8) is 0 Å². The second-order valence-electron chi connectivity index (χ2n) is 2.67. The summed E-state index contributed by atoms with van der Waals surface area (Å²) in [6.45, 7) is 0.898. The summed E-state index contributed by atoms with van der Waals surface area (Å²) in [4.78, 5) is 14.7. The summed E-state index contributed by atoms with van der Waals surface area (Å²) >= 11 is 2.82. The average Bonchev–Trinajstić information content (AvgIpc) is 2.07. The van der Waals surface area contributed by atoms with Crippen LogP contribution in [0.5, 0.6) is 0 Å². The number of halogens is 4. The van der Waals surface area contributed by atoms with Crippen LogP contribution >= 0.6 is 15.9 Å². The Morgan fingerprint density at radius 2 is 2.14 bits per heavy atom. The Balaban J connectivity index is 3.21. The highest BCUT2D eigenvalue weighted by Gasteiger charge is 2.38. The van der Waals surface area contributed by atoms with E-state index in [9.17, 15) is 18.0 Å². The van der Waals surface area contributed by atoms with E-state index in [-0.39, 0.29) is 4.47 Å². The van der Waals surface area contributed by atoms with Gasteiger partial charge in [0.1, 0.15) is 10.5 Å². The third kappa shape index (κ3) is 2.14. The first-order chi connectivity index (χ1) is 6.34. The Hall–Kier alpha value is -0.850. The van der Waals surface area contributed by atoms with Crippen molar-refractivity contribution >= 4 is 15.9 Å². The maximum absolute atomic E-state index is 12.2. The third-order valence-corrected chi connectivity index (χ3v) is 2.25. The zero-order chi connectivity index (χ0) is 10.9. The minimum atomic E-state index is -4.45. The van der Waals surface area contributed by atoms with E-state index in [1.165, 1.54) is 0 Å². The van der Waals surface area contributed by atoms with E-state index in [1.54, 1.807) is 0 Å². The van der Waals surface area contributed by atoms with Gasteiger partial charge in [0.2, 0.25) is 0 Å². The van der Waals surface area contributed by atoms with E-state index in [0.717, 1.165) is 19.4 Å². The number of aromatic nitrogens is 2. The Labute approximate surface area is 85.7 Å². The predicted molar refractivity (Wildman–Crippen MR) is 47.0 cm³/mol. The number of alkyl halides is 3. The minimum Gasteiger partial charge on any atom is -0.286 e. The van der Waals surface area contributed by atoms with Crippen LogP contribution in [-0.2, 0) is 0 Å². The van der Waals surface area contributed by atoms with Gasteiger partial charge < -0.3 is 0 Å². The van der Waals surface area contributed by atoms with Gasteiger partial charge in [0, 0.05) is 6.20 Å². The molecule has 0 N–H and O–H groups in total. The first-order valence-electron chi connectivity index (χ1n) is 3.62. The lowest BCUT2D eigenvalue weighted by Gasteiger charge is -2.17. The molecule has 0 aliphatic carbocycles. The van der Waals surface area contributed by atoms with E-state index < -0.39 is 17.8 Å². The fraction of sp³-hybridized carbons (Fsp3) is 0.429. The fourth-order valence-electron chi connectivity index (χ4n) is 0.835. The highest BCUT2D eigenvalue weighted by Crippen LogP contribution is 2.28. The van der Waals surface area contributed by atoms with Crippen LogP contribution in [0.1, 0.15) is 13.0 Å². The lowest BCUT2D eigenvalue weighted by molar-refractivity contribution is -0.163. The molecule has 0 amide bonds. The van der Waals surface area contributed by atoms with E-state index in [1.807, 2.05) is 0 Å². The van der Waals surface area contributed by atoms with Gasteiger partial charge in [0.15, 0.2) is 0 Å². The van der Waals surface area contributed by atoms with Crippen LogP contribution < -0.4 is 5.56 Å². The van der Waals surface area contributed by atoms with Gasteiger partial charge in [-0.05, 0) is 22.9 Å². The second-order valence-corrected chi connectivity index (χ2v) is 3.53. The van der Waals surface area contributed by atoms with Gasteiger partial charge in [-0.15, -0.1) is 0 Å². The molecule has 1 atom stereocenters. The van der Waals surface area contributed by atoms with E-state index in [0.29, 0.717) is 4.57 Å². The number of hydrogen-bond donors (Lipinski definition) is 0. The highest BCUT2D eigenvalue weighted by atomic mass is 79.9. The maximum Gasteiger partial charge on any atom is 0.409 e. The lowest BCUT2D eigenvalue weighted by Crippen LogP contribution is -2.32. The molecule has 0 radical (unpaired) electrons. The van der Waals surface area contributed by atoms with Crippen molar-refractivity contribution in [3.05, 3.63) is 27.4 Å². The highest BCUT2D eigenvalue weighted by molar-refractivity contribution is 9.10. The summed E-state index contributed by atoms with van der Waals surface area (Å²) in [7, 11) is 0. The summed E-state index contributed by atoms with van der Waals surface area (Å²) in [5, 5.41) is 0. The molecule has 1 rings (SSSR count). The molecule has 1 aromatic heterocycles. The summed E-state index contributed by atoms with van der Waals surface area (Å²) < 4.78 is 37.3. The largest absolute Gasteiger partial charge is 0.409 e. The first-order valence-corrected chi connectivity index (χ1v) is 4.41. The van der Waals surface area contributed by atoms with Crippen LogP contribution in [0.2, 0.25) is 0 Å². The molecule has 78 valence electrons. The summed E-state index contributed by atoms with van der Waals surface area (Å²) in [6, 6.07) is -1.88. The van der Waals surface area contributed by atoms with E-state index in [4.69, 9.17) is 0 Å². The molecular formula is C7H6BrF3N2O. The molecule has 1 aromatic rings. The zero-order valence-electron chi connectivity index (χ0n) is 7.05. The molecule has 0 bridgehead atoms. The van der Waals surface area contributed by atoms with Crippen LogP contribution in [0.3, 0.4) is 0 Å². The van der Waals surface area contributed by atoms with Crippen molar-refractivity contribution in [1.29, 1.82) is 0 Å². The molecule has 1 heterocycles. The molecule has 0 aromatic carbocycles. The quantitative estimate of drug-likeness (QED) is 0.784. The van der Waals surface area contributed by atoms with Gasteiger partial charge in [-0.25, -0.2) is 4.98 Å². The van der Waals surface area contributed by atoms with Crippen molar-refractivity contribution in [2.45, 2.75) is 19.1 Å². The van der Waals surface area contributed by atoms with Crippen molar-refractivity contribution in [2.24, 2.45) is 0 Å². The van der Waals surface area contributed by atoms with E-state index in [2.05, 4.69) is 20.9 Å². The van der Waals surface area contributed by atoms with Gasteiger partial charge >= 0.3 is 6.18 Å². The number of nitrogens with zero attached hydrogens (tertiary/aromatic N) is 2.